The van der Waals surface area contributed by atoms with Crippen LogP contribution in [0.4, 0.5) is 0 Å². The largest absolute Gasteiger partial charge is 0.480 e. The summed E-state index contributed by atoms with van der Waals surface area (Å²) in [5.74, 6) is 2.03. The van der Waals surface area contributed by atoms with E-state index in [0.29, 0.717) is 23.2 Å². The zero-order valence-electron chi connectivity index (χ0n) is 12.7. The molecule has 22 heavy (non-hydrogen) atoms. The Morgan fingerprint density at radius 3 is 2.86 bits per heavy atom. The molecule has 0 spiro atoms. The molecule has 3 rings (SSSR count). The van der Waals surface area contributed by atoms with Crippen molar-refractivity contribution in [2.45, 2.75) is 20.5 Å². The second-order valence-corrected chi connectivity index (χ2v) is 5.29. The number of methoxy groups -OCH3 is 1. The normalized spacial score (nSPS) is 10.9. The molecule has 0 aliphatic heterocycles. The summed E-state index contributed by atoms with van der Waals surface area (Å²) in [6.45, 7) is 4.01. The standard InChI is InChI=1S/C13H15N5O3S/c1-7-11(8(2)18(3)15-7)20-5-10-14-12(16-21-10)9-6-22-17-13(9)19-4/h6H,5H2,1-4H3. The first-order valence-corrected chi connectivity index (χ1v) is 7.38. The summed E-state index contributed by atoms with van der Waals surface area (Å²) in [6, 6.07) is 0. The van der Waals surface area contributed by atoms with E-state index in [9.17, 15) is 0 Å². The zero-order valence-corrected chi connectivity index (χ0v) is 13.5. The van der Waals surface area contributed by atoms with Crippen LogP contribution in [-0.2, 0) is 13.7 Å². The minimum atomic E-state index is 0.181. The number of aromatic nitrogens is 5. The van der Waals surface area contributed by atoms with E-state index < -0.39 is 0 Å². The fraction of sp³-hybridized carbons (Fsp3) is 0.385. The number of nitrogens with zero attached hydrogens (tertiary/aromatic N) is 5. The summed E-state index contributed by atoms with van der Waals surface area (Å²) in [5, 5.41) is 10.0. The van der Waals surface area contributed by atoms with Crippen LogP contribution in [0, 0.1) is 13.8 Å². The van der Waals surface area contributed by atoms with Crippen LogP contribution < -0.4 is 9.47 Å². The fourth-order valence-corrected chi connectivity index (χ4v) is 2.67. The van der Waals surface area contributed by atoms with E-state index >= 15 is 0 Å². The average Bonchev–Trinajstić information content (AvgIpc) is 3.19. The van der Waals surface area contributed by atoms with Crippen molar-refractivity contribution in [1.29, 1.82) is 0 Å². The van der Waals surface area contributed by atoms with Gasteiger partial charge in [-0.1, -0.05) is 5.16 Å². The monoisotopic (exact) mass is 321 g/mol. The van der Waals surface area contributed by atoms with Crippen LogP contribution in [0.25, 0.3) is 11.4 Å². The number of hydrogen-bond donors (Lipinski definition) is 0. The van der Waals surface area contributed by atoms with Gasteiger partial charge in [0.1, 0.15) is 5.69 Å². The van der Waals surface area contributed by atoms with Crippen LogP contribution in [0.2, 0.25) is 0 Å². The van der Waals surface area contributed by atoms with Crippen LogP contribution in [0.1, 0.15) is 17.3 Å². The lowest BCUT2D eigenvalue weighted by atomic mass is 10.3. The lowest BCUT2D eigenvalue weighted by Gasteiger charge is -2.02. The van der Waals surface area contributed by atoms with Gasteiger partial charge < -0.3 is 14.0 Å². The van der Waals surface area contributed by atoms with Crippen LogP contribution >= 0.6 is 11.5 Å². The summed E-state index contributed by atoms with van der Waals surface area (Å²) in [7, 11) is 3.42. The first-order valence-electron chi connectivity index (χ1n) is 6.54. The highest BCUT2D eigenvalue weighted by Gasteiger charge is 2.17. The summed E-state index contributed by atoms with van der Waals surface area (Å²) in [5.41, 5.74) is 2.47. The van der Waals surface area contributed by atoms with Crippen molar-refractivity contribution in [2.75, 3.05) is 7.11 Å². The van der Waals surface area contributed by atoms with E-state index in [2.05, 4.69) is 19.6 Å². The second-order valence-electron chi connectivity index (χ2n) is 4.66. The molecule has 8 nitrogen and oxygen atoms in total. The molecule has 3 heterocycles. The number of rotatable bonds is 5. The highest BCUT2D eigenvalue weighted by atomic mass is 32.1. The van der Waals surface area contributed by atoms with Crippen molar-refractivity contribution in [3.8, 4) is 23.0 Å². The first kappa shape index (κ1) is 14.5. The molecule has 0 N–H and O–H groups in total. The van der Waals surface area contributed by atoms with Crippen molar-refractivity contribution in [1.82, 2.24) is 24.3 Å². The highest BCUT2D eigenvalue weighted by molar-refractivity contribution is 7.04. The van der Waals surface area contributed by atoms with Crippen molar-refractivity contribution < 1.29 is 14.0 Å². The van der Waals surface area contributed by atoms with Crippen LogP contribution in [0.5, 0.6) is 11.6 Å². The molecule has 0 fully saturated rings. The Labute approximate surface area is 130 Å². The van der Waals surface area contributed by atoms with Gasteiger partial charge in [0.2, 0.25) is 11.7 Å². The SMILES string of the molecule is COc1nscc1-c1noc(COc2c(C)nn(C)c2C)n1. The van der Waals surface area contributed by atoms with Gasteiger partial charge in [-0.3, -0.25) is 4.68 Å². The maximum absolute atomic E-state index is 5.74. The lowest BCUT2D eigenvalue weighted by Crippen LogP contribution is -1.98. The maximum atomic E-state index is 5.74. The van der Waals surface area contributed by atoms with Gasteiger partial charge in [-0.25, -0.2) is 0 Å². The molecule has 0 amide bonds. The number of aryl methyl sites for hydroxylation is 2. The lowest BCUT2D eigenvalue weighted by molar-refractivity contribution is 0.240. The van der Waals surface area contributed by atoms with Gasteiger partial charge in [-0.2, -0.15) is 14.5 Å². The molecule has 0 atom stereocenters. The maximum Gasteiger partial charge on any atom is 0.264 e. The molecule has 0 unspecified atom stereocenters. The molecule has 0 radical (unpaired) electrons. The van der Waals surface area contributed by atoms with Crippen LogP contribution in [0.15, 0.2) is 9.90 Å². The molecular weight excluding hydrogens is 306 g/mol. The Morgan fingerprint density at radius 1 is 1.36 bits per heavy atom. The summed E-state index contributed by atoms with van der Waals surface area (Å²) < 4.78 is 22.0. The number of ether oxygens (including phenoxy) is 2. The van der Waals surface area contributed by atoms with E-state index in [0.717, 1.165) is 17.1 Å². The van der Waals surface area contributed by atoms with E-state index in [1.54, 1.807) is 11.8 Å². The van der Waals surface area contributed by atoms with E-state index in [4.69, 9.17) is 14.0 Å². The van der Waals surface area contributed by atoms with Crippen molar-refractivity contribution in [2.24, 2.45) is 7.05 Å². The third-order valence-corrected chi connectivity index (χ3v) is 3.83. The van der Waals surface area contributed by atoms with E-state index in [-0.39, 0.29) is 6.61 Å². The van der Waals surface area contributed by atoms with E-state index in [1.165, 1.54) is 11.5 Å². The molecular formula is C13H15N5O3S. The predicted octanol–water partition coefficient (Wildman–Crippen LogP) is 2.13. The average molecular weight is 321 g/mol. The molecule has 3 aromatic heterocycles. The van der Waals surface area contributed by atoms with Gasteiger partial charge in [0.15, 0.2) is 12.4 Å². The second kappa shape index (κ2) is 5.76. The smallest absolute Gasteiger partial charge is 0.264 e. The zero-order chi connectivity index (χ0) is 15.7. The Balaban J connectivity index is 1.75. The molecule has 3 aromatic rings. The van der Waals surface area contributed by atoms with Gasteiger partial charge in [-0.05, 0) is 25.4 Å². The quantitative estimate of drug-likeness (QED) is 0.711. The number of hydrogen-bond acceptors (Lipinski definition) is 8. The molecule has 9 heteroatoms. The molecule has 0 aliphatic carbocycles. The third-order valence-electron chi connectivity index (χ3n) is 3.22. The summed E-state index contributed by atoms with van der Waals surface area (Å²) in [6.07, 6.45) is 0. The Morgan fingerprint density at radius 2 is 2.18 bits per heavy atom. The summed E-state index contributed by atoms with van der Waals surface area (Å²) in [4.78, 5) is 4.30. The van der Waals surface area contributed by atoms with Crippen molar-refractivity contribution in [3.63, 3.8) is 0 Å². The van der Waals surface area contributed by atoms with Gasteiger partial charge in [-0.15, -0.1) is 0 Å². The molecule has 0 aromatic carbocycles. The predicted molar refractivity (Wildman–Crippen MR) is 79.0 cm³/mol. The van der Waals surface area contributed by atoms with Gasteiger partial charge in [0, 0.05) is 12.4 Å². The van der Waals surface area contributed by atoms with Gasteiger partial charge in [0.25, 0.3) is 5.89 Å². The first-order chi connectivity index (χ1) is 10.6. The Bertz CT molecular complexity index is 792. The van der Waals surface area contributed by atoms with Gasteiger partial charge in [0.05, 0.1) is 18.4 Å². The van der Waals surface area contributed by atoms with Crippen molar-refractivity contribution in [3.05, 3.63) is 22.7 Å². The molecule has 0 bridgehead atoms. The van der Waals surface area contributed by atoms with Gasteiger partial charge >= 0.3 is 0 Å². The summed E-state index contributed by atoms with van der Waals surface area (Å²) >= 11 is 1.27. The highest BCUT2D eigenvalue weighted by Crippen LogP contribution is 2.28. The molecule has 0 saturated carbocycles. The third kappa shape index (κ3) is 2.54. The Kier molecular flexibility index (Phi) is 3.80. The Hall–Kier alpha value is -2.42. The fourth-order valence-electron chi connectivity index (χ4n) is 2.04. The van der Waals surface area contributed by atoms with Crippen LogP contribution in [-0.4, -0.2) is 31.4 Å². The molecule has 0 saturated heterocycles. The van der Waals surface area contributed by atoms with Crippen molar-refractivity contribution >= 4 is 11.5 Å². The minimum Gasteiger partial charge on any atom is -0.480 e. The molecule has 0 aliphatic rings. The topological polar surface area (TPSA) is 88.1 Å². The minimum absolute atomic E-state index is 0.181. The van der Waals surface area contributed by atoms with E-state index in [1.807, 2.05) is 26.3 Å². The van der Waals surface area contributed by atoms with Crippen LogP contribution in [0.3, 0.4) is 0 Å². The molecule has 116 valence electrons.